The summed E-state index contributed by atoms with van der Waals surface area (Å²) >= 11 is 0. The lowest BCUT2D eigenvalue weighted by Crippen LogP contribution is -2.49. The summed E-state index contributed by atoms with van der Waals surface area (Å²) in [4.78, 5) is 67.2. The monoisotopic (exact) mass is 580 g/mol. The van der Waals surface area contributed by atoms with Crippen molar-refractivity contribution in [3.05, 3.63) is 101 Å². The molecule has 3 aromatic carbocycles. The Morgan fingerprint density at radius 3 is 1.70 bits per heavy atom. The molecule has 1 fully saturated rings. The van der Waals surface area contributed by atoms with Gasteiger partial charge in [0, 0.05) is 17.5 Å². The van der Waals surface area contributed by atoms with Crippen molar-refractivity contribution in [1.29, 1.82) is 0 Å². The van der Waals surface area contributed by atoms with Crippen LogP contribution in [0.3, 0.4) is 0 Å². The number of likely N-dealkylation sites (tertiary alicyclic amines) is 1. The highest BCUT2D eigenvalue weighted by atomic mass is 16.5. The van der Waals surface area contributed by atoms with Crippen LogP contribution >= 0.6 is 0 Å². The molecule has 3 aliphatic carbocycles. The Hall–Kier alpha value is -4.79. The molecular weight excluding hydrogens is 548 g/mol. The first kappa shape index (κ1) is 28.3. The third-order valence-electron chi connectivity index (χ3n) is 8.66. The van der Waals surface area contributed by atoms with Gasteiger partial charge >= 0.3 is 11.9 Å². The first-order valence-electron chi connectivity index (χ1n) is 14.5. The zero-order valence-electron chi connectivity index (χ0n) is 24.1. The number of carbonyl (C=O) groups excluding carboxylic acids is 5. The summed E-state index contributed by atoms with van der Waals surface area (Å²) in [7, 11) is 0. The Morgan fingerprint density at radius 2 is 1.26 bits per heavy atom. The molecule has 3 aromatic rings. The largest absolute Gasteiger partial charge is 0.462 e. The maximum atomic E-state index is 14.1. The van der Waals surface area contributed by atoms with Crippen molar-refractivity contribution in [3.8, 4) is 0 Å². The second-order valence-electron chi connectivity index (χ2n) is 11.5. The van der Waals surface area contributed by atoms with E-state index in [4.69, 9.17) is 9.47 Å². The number of nitrogens with one attached hydrogen (secondary N) is 1. The van der Waals surface area contributed by atoms with E-state index in [1.165, 1.54) is 24.3 Å². The summed E-state index contributed by atoms with van der Waals surface area (Å²) in [5, 5.41) is 2.62. The summed E-state index contributed by atoms with van der Waals surface area (Å²) in [6.45, 7) is 4.85. The van der Waals surface area contributed by atoms with E-state index in [1.807, 2.05) is 48.5 Å². The minimum absolute atomic E-state index is 0.248. The number of esters is 2. The van der Waals surface area contributed by atoms with E-state index in [9.17, 15) is 24.0 Å². The molecule has 0 aromatic heterocycles. The van der Waals surface area contributed by atoms with Gasteiger partial charge in [0.25, 0.3) is 5.91 Å². The average Bonchev–Trinajstić information content (AvgIpc) is 3.26. The Bertz CT molecular complexity index is 1510. The summed E-state index contributed by atoms with van der Waals surface area (Å²) in [6, 6.07) is 20.8. The van der Waals surface area contributed by atoms with Gasteiger partial charge in [0.1, 0.15) is 6.04 Å². The number of hydrogen-bond donors (Lipinski definition) is 1. The van der Waals surface area contributed by atoms with E-state index in [0.29, 0.717) is 11.3 Å². The molecular formula is C34H32N2O7. The standard InChI is InChI=1S/C34H32N2O7/c1-4-42-33(40)19-13-15-20(16-14-19)35-25(37)17-43-34(41)30(18(2)3)36-31(38)28-26-21-9-5-6-10-22(21)27(29(28)32(36)39)24-12-8-7-11-23(24)26/h5-16,18,26-30H,4,17H2,1-3H3,(H,35,37)/t26?,27?,28-,29-,30+/m1/s1. The molecule has 4 aliphatic rings. The van der Waals surface area contributed by atoms with Crippen molar-refractivity contribution >= 4 is 35.3 Å². The Labute approximate surface area is 249 Å². The van der Waals surface area contributed by atoms with Crippen molar-refractivity contribution in [2.24, 2.45) is 17.8 Å². The van der Waals surface area contributed by atoms with Crippen LogP contribution in [0.2, 0.25) is 0 Å². The Balaban J connectivity index is 1.19. The molecule has 0 saturated carbocycles. The van der Waals surface area contributed by atoms with E-state index in [1.54, 1.807) is 20.8 Å². The number of benzene rings is 3. The molecule has 43 heavy (non-hydrogen) atoms. The number of nitrogens with zero attached hydrogens (tertiary/aromatic N) is 1. The molecule has 9 nitrogen and oxygen atoms in total. The van der Waals surface area contributed by atoms with Gasteiger partial charge in [0.2, 0.25) is 11.8 Å². The summed E-state index contributed by atoms with van der Waals surface area (Å²) in [5.74, 6) is -4.88. The predicted molar refractivity (Wildman–Crippen MR) is 156 cm³/mol. The van der Waals surface area contributed by atoms with Crippen LogP contribution in [0, 0.1) is 17.8 Å². The molecule has 3 atom stereocenters. The highest BCUT2D eigenvalue weighted by molar-refractivity contribution is 6.10. The normalized spacial score (nSPS) is 22.0. The van der Waals surface area contributed by atoms with Crippen LogP contribution < -0.4 is 5.32 Å². The van der Waals surface area contributed by atoms with Crippen molar-refractivity contribution in [1.82, 2.24) is 4.90 Å². The quantitative estimate of drug-likeness (QED) is 0.312. The summed E-state index contributed by atoms with van der Waals surface area (Å²) in [6.07, 6.45) is 0. The smallest absolute Gasteiger partial charge is 0.338 e. The molecule has 0 radical (unpaired) electrons. The number of ether oxygens (including phenoxy) is 2. The van der Waals surface area contributed by atoms with Crippen LogP contribution in [0.15, 0.2) is 72.8 Å². The Kier molecular flexibility index (Phi) is 7.33. The van der Waals surface area contributed by atoms with Crippen LogP contribution in [-0.4, -0.2) is 53.8 Å². The number of rotatable bonds is 8. The molecule has 1 heterocycles. The average molecular weight is 581 g/mol. The number of anilines is 1. The molecule has 7 rings (SSSR count). The van der Waals surface area contributed by atoms with Crippen molar-refractivity contribution < 1.29 is 33.4 Å². The highest BCUT2D eigenvalue weighted by Crippen LogP contribution is 2.61. The lowest BCUT2D eigenvalue weighted by atomic mass is 9.55. The summed E-state index contributed by atoms with van der Waals surface area (Å²) in [5.41, 5.74) is 4.93. The number of imide groups is 1. The number of amides is 3. The van der Waals surface area contributed by atoms with E-state index in [2.05, 4.69) is 5.32 Å². The molecule has 1 saturated heterocycles. The van der Waals surface area contributed by atoms with Crippen LogP contribution in [0.1, 0.15) is 65.2 Å². The molecule has 2 bridgehead atoms. The zero-order chi connectivity index (χ0) is 30.4. The van der Waals surface area contributed by atoms with Gasteiger partial charge in [-0.05, 0) is 59.4 Å². The Morgan fingerprint density at radius 1 is 0.767 bits per heavy atom. The van der Waals surface area contributed by atoms with E-state index < -0.39 is 48.2 Å². The second kappa shape index (κ2) is 11.1. The van der Waals surface area contributed by atoms with Gasteiger partial charge in [-0.25, -0.2) is 9.59 Å². The van der Waals surface area contributed by atoms with Gasteiger partial charge < -0.3 is 14.8 Å². The van der Waals surface area contributed by atoms with Crippen molar-refractivity contribution in [2.75, 3.05) is 18.5 Å². The van der Waals surface area contributed by atoms with Crippen molar-refractivity contribution in [2.45, 2.75) is 38.6 Å². The maximum Gasteiger partial charge on any atom is 0.338 e. The van der Waals surface area contributed by atoms with Crippen molar-refractivity contribution in [3.63, 3.8) is 0 Å². The SMILES string of the molecule is CCOC(=O)c1ccc(NC(=O)COC(=O)[C@H](C(C)C)N2C(=O)[C@@H]3C4c5ccccc5C(c5ccccc54)[C@H]3C2=O)cc1. The van der Waals surface area contributed by atoms with Gasteiger partial charge in [-0.2, -0.15) is 0 Å². The van der Waals surface area contributed by atoms with Crippen LogP contribution in [0.4, 0.5) is 5.69 Å². The van der Waals surface area contributed by atoms with Gasteiger partial charge in [-0.3, -0.25) is 19.3 Å². The van der Waals surface area contributed by atoms with Crippen LogP contribution in [0.25, 0.3) is 0 Å². The fourth-order valence-electron chi connectivity index (χ4n) is 6.97. The lowest BCUT2D eigenvalue weighted by molar-refractivity contribution is -0.162. The summed E-state index contributed by atoms with van der Waals surface area (Å²) < 4.78 is 10.3. The van der Waals surface area contributed by atoms with Crippen LogP contribution in [-0.2, 0) is 28.7 Å². The van der Waals surface area contributed by atoms with Crippen LogP contribution in [0.5, 0.6) is 0 Å². The predicted octanol–water partition coefficient (Wildman–Crippen LogP) is 4.26. The van der Waals surface area contributed by atoms with Gasteiger partial charge in [0.15, 0.2) is 6.61 Å². The third kappa shape index (κ3) is 4.69. The molecule has 3 amide bonds. The maximum absolute atomic E-state index is 14.1. The van der Waals surface area contributed by atoms with Gasteiger partial charge in [-0.15, -0.1) is 0 Å². The van der Waals surface area contributed by atoms with E-state index in [0.717, 1.165) is 27.2 Å². The minimum Gasteiger partial charge on any atom is -0.462 e. The van der Waals surface area contributed by atoms with Gasteiger partial charge in [-0.1, -0.05) is 62.4 Å². The third-order valence-corrected chi connectivity index (χ3v) is 8.66. The lowest BCUT2D eigenvalue weighted by Gasteiger charge is -2.45. The van der Waals surface area contributed by atoms with E-state index in [-0.39, 0.29) is 30.3 Å². The zero-order valence-corrected chi connectivity index (χ0v) is 24.1. The molecule has 9 heteroatoms. The molecule has 220 valence electrons. The topological polar surface area (TPSA) is 119 Å². The highest BCUT2D eigenvalue weighted by Gasteiger charge is 2.63. The molecule has 1 N–H and O–H groups in total. The fraction of sp³-hybridized carbons (Fsp3) is 0.324. The first-order chi connectivity index (χ1) is 20.7. The molecule has 0 spiro atoms. The van der Waals surface area contributed by atoms with E-state index >= 15 is 0 Å². The minimum atomic E-state index is -1.17. The van der Waals surface area contributed by atoms with Gasteiger partial charge in [0.05, 0.1) is 24.0 Å². The second-order valence-corrected chi connectivity index (χ2v) is 11.5. The fourth-order valence-corrected chi connectivity index (χ4v) is 6.97. The number of hydrogen-bond acceptors (Lipinski definition) is 7. The first-order valence-corrected chi connectivity index (χ1v) is 14.5. The molecule has 0 unspecified atom stereocenters. The number of carbonyl (C=O) groups is 5. The molecule has 1 aliphatic heterocycles.